The van der Waals surface area contributed by atoms with E-state index >= 15 is 0 Å². The molecule has 0 aromatic carbocycles. The third kappa shape index (κ3) is 3.82. The molecule has 128 valence electrons. The fraction of sp³-hybridized carbons (Fsp3) is 1.00. The molecule has 2 heterocycles. The lowest BCUT2D eigenvalue weighted by Crippen LogP contribution is -2.52. The highest BCUT2D eigenvalue weighted by Gasteiger charge is 2.36. The maximum atomic E-state index is 11.8. The first kappa shape index (κ1) is 16.6. The van der Waals surface area contributed by atoms with Crippen LogP contribution in [0.2, 0.25) is 0 Å². The summed E-state index contributed by atoms with van der Waals surface area (Å²) in [5.74, 6) is 0.605. The first-order valence-corrected chi connectivity index (χ1v) is 10.4. The van der Waals surface area contributed by atoms with Gasteiger partial charge in [0.2, 0.25) is 10.0 Å². The van der Waals surface area contributed by atoms with E-state index in [9.17, 15) is 8.42 Å². The van der Waals surface area contributed by atoms with Crippen molar-refractivity contribution in [2.75, 3.05) is 39.1 Å². The molecule has 22 heavy (non-hydrogen) atoms. The van der Waals surface area contributed by atoms with Crippen molar-refractivity contribution in [3.05, 3.63) is 0 Å². The highest BCUT2D eigenvalue weighted by molar-refractivity contribution is 7.88. The van der Waals surface area contributed by atoms with Crippen molar-refractivity contribution in [3.63, 3.8) is 0 Å². The van der Waals surface area contributed by atoms with Gasteiger partial charge < -0.3 is 15.4 Å². The van der Waals surface area contributed by atoms with Crippen molar-refractivity contribution >= 4 is 10.0 Å². The Morgan fingerprint density at radius 3 is 2.86 bits per heavy atom. The molecule has 1 saturated carbocycles. The standard InChI is InChI=1S/C15H29N3O3S/c1-22(19,20)18-8-3-4-12(18)10-17-14-6-2-5-13(14)15-11-21-9-7-16-15/h12-17H,2-11H2,1H3/t12-,13?,14?,15?/m1/s1. The lowest BCUT2D eigenvalue weighted by Gasteiger charge is -2.34. The van der Waals surface area contributed by atoms with E-state index in [1.54, 1.807) is 4.31 Å². The second-order valence-corrected chi connectivity index (χ2v) is 8.85. The largest absolute Gasteiger partial charge is 0.379 e. The Bertz CT molecular complexity index is 465. The van der Waals surface area contributed by atoms with Gasteiger partial charge in [-0.25, -0.2) is 8.42 Å². The Kier molecular flexibility index (Phi) is 5.39. The van der Waals surface area contributed by atoms with Crippen LogP contribution < -0.4 is 10.6 Å². The summed E-state index contributed by atoms with van der Waals surface area (Å²) in [6.07, 6.45) is 6.95. The van der Waals surface area contributed by atoms with Crippen molar-refractivity contribution in [2.24, 2.45) is 5.92 Å². The Hall–Kier alpha value is -0.210. The maximum Gasteiger partial charge on any atom is 0.211 e. The van der Waals surface area contributed by atoms with E-state index in [2.05, 4.69) is 10.6 Å². The Morgan fingerprint density at radius 1 is 1.27 bits per heavy atom. The molecule has 3 fully saturated rings. The van der Waals surface area contributed by atoms with E-state index in [0.29, 0.717) is 24.5 Å². The number of sulfonamides is 1. The normalized spacial score (nSPS) is 37.7. The molecule has 0 bridgehead atoms. The Morgan fingerprint density at radius 2 is 2.14 bits per heavy atom. The average Bonchev–Trinajstić information content (AvgIpc) is 3.14. The highest BCUT2D eigenvalue weighted by atomic mass is 32.2. The van der Waals surface area contributed by atoms with Crippen LogP contribution >= 0.6 is 0 Å². The van der Waals surface area contributed by atoms with Gasteiger partial charge in [-0.2, -0.15) is 4.31 Å². The first-order chi connectivity index (χ1) is 10.6. The number of morpholine rings is 1. The third-order valence-electron chi connectivity index (χ3n) is 5.40. The van der Waals surface area contributed by atoms with Gasteiger partial charge in [-0.05, 0) is 31.6 Å². The van der Waals surface area contributed by atoms with Crippen LogP contribution in [0.1, 0.15) is 32.1 Å². The van der Waals surface area contributed by atoms with E-state index in [1.807, 2.05) is 0 Å². The molecular weight excluding hydrogens is 302 g/mol. The van der Waals surface area contributed by atoms with Gasteiger partial charge in [0.05, 0.1) is 19.5 Å². The first-order valence-electron chi connectivity index (χ1n) is 8.57. The number of nitrogens with one attached hydrogen (secondary N) is 2. The molecule has 3 aliphatic rings. The van der Waals surface area contributed by atoms with E-state index in [1.165, 1.54) is 25.5 Å². The van der Waals surface area contributed by atoms with Gasteiger partial charge in [0.15, 0.2) is 0 Å². The van der Waals surface area contributed by atoms with Crippen LogP contribution in [0.3, 0.4) is 0 Å². The fourth-order valence-corrected chi connectivity index (χ4v) is 5.50. The monoisotopic (exact) mass is 331 g/mol. The van der Waals surface area contributed by atoms with E-state index < -0.39 is 10.0 Å². The Labute approximate surface area is 134 Å². The lowest BCUT2D eigenvalue weighted by atomic mass is 9.94. The predicted octanol–water partition coefficient (Wildman–Crippen LogP) is 0.157. The minimum absolute atomic E-state index is 0.131. The summed E-state index contributed by atoms with van der Waals surface area (Å²) in [4.78, 5) is 0. The van der Waals surface area contributed by atoms with Crippen molar-refractivity contribution in [3.8, 4) is 0 Å². The Balaban J connectivity index is 1.54. The molecule has 2 aliphatic heterocycles. The van der Waals surface area contributed by atoms with Crippen LogP contribution in [0.5, 0.6) is 0 Å². The minimum atomic E-state index is -3.07. The zero-order valence-electron chi connectivity index (χ0n) is 13.5. The van der Waals surface area contributed by atoms with Crippen LogP contribution in [0, 0.1) is 5.92 Å². The second-order valence-electron chi connectivity index (χ2n) is 6.91. The van der Waals surface area contributed by atoms with Crippen molar-refractivity contribution in [2.45, 2.75) is 50.2 Å². The zero-order valence-corrected chi connectivity index (χ0v) is 14.3. The summed E-state index contributed by atoms with van der Waals surface area (Å²) in [6.45, 7) is 4.02. The van der Waals surface area contributed by atoms with E-state index in [-0.39, 0.29) is 6.04 Å². The highest BCUT2D eigenvalue weighted by Crippen LogP contribution is 2.30. The van der Waals surface area contributed by atoms with Crippen molar-refractivity contribution in [1.82, 2.24) is 14.9 Å². The quantitative estimate of drug-likeness (QED) is 0.751. The van der Waals surface area contributed by atoms with Crippen LogP contribution in [-0.4, -0.2) is 70.0 Å². The SMILES string of the molecule is CS(=O)(=O)N1CCC[C@@H]1CNC1CCCC1C1COCCN1. The molecule has 1 aliphatic carbocycles. The molecule has 3 unspecified atom stereocenters. The van der Waals surface area contributed by atoms with Gasteiger partial charge in [-0.3, -0.25) is 0 Å². The van der Waals surface area contributed by atoms with Gasteiger partial charge in [0.1, 0.15) is 0 Å². The molecule has 0 spiro atoms. The molecule has 3 rings (SSSR count). The average molecular weight is 331 g/mol. The summed E-state index contributed by atoms with van der Waals surface area (Å²) in [6, 6.07) is 1.07. The third-order valence-corrected chi connectivity index (χ3v) is 6.73. The molecule has 0 amide bonds. The van der Waals surface area contributed by atoms with Crippen LogP contribution in [-0.2, 0) is 14.8 Å². The molecule has 2 N–H and O–H groups in total. The topological polar surface area (TPSA) is 70.7 Å². The number of hydrogen-bond acceptors (Lipinski definition) is 5. The predicted molar refractivity (Wildman–Crippen MR) is 86.3 cm³/mol. The molecular formula is C15H29N3O3S. The fourth-order valence-electron chi connectivity index (χ4n) is 4.32. The lowest BCUT2D eigenvalue weighted by molar-refractivity contribution is 0.0523. The number of hydrogen-bond donors (Lipinski definition) is 2. The molecule has 0 aromatic heterocycles. The van der Waals surface area contributed by atoms with Crippen LogP contribution in [0.4, 0.5) is 0 Å². The summed E-state index contributed by atoms with van der Waals surface area (Å²) in [7, 11) is -3.07. The summed E-state index contributed by atoms with van der Waals surface area (Å²) >= 11 is 0. The molecule has 7 heteroatoms. The molecule has 0 radical (unpaired) electrons. The summed E-state index contributed by atoms with van der Waals surface area (Å²) in [5, 5.41) is 7.25. The van der Waals surface area contributed by atoms with Crippen molar-refractivity contribution in [1.29, 1.82) is 0 Å². The molecule has 2 saturated heterocycles. The molecule has 0 aromatic rings. The number of rotatable bonds is 5. The molecule has 6 nitrogen and oxygen atoms in total. The van der Waals surface area contributed by atoms with Gasteiger partial charge in [-0.1, -0.05) is 6.42 Å². The van der Waals surface area contributed by atoms with Gasteiger partial charge in [-0.15, -0.1) is 0 Å². The smallest absolute Gasteiger partial charge is 0.211 e. The van der Waals surface area contributed by atoms with Crippen LogP contribution in [0.15, 0.2) is 0 Å². The molecule has 4 atom stereocenters. The van der Waals surface area contributed by atoms with E-state index in [4.69, 9.17) is 4.74 Å². The number of nitrogens with zero attached hydrogens (tertiary/aromatic N) is 1. The van der Waals surface area contributed by atoms with Gasteiger partial charge in [0.25, 0.3) is 0 Å². The van der Waals surface area contributed by atoms with Crippen LogP contribution in [0.25, 0.3) is 0 Å². The van der Waals surface area contributed by atoms with Gasteiger partial charge >= 0.3 is 0 Å². The maximum absolute atomic E-state index is 11.8. The van der Waals surface area contributed by atoms with Crippen molar-refractivity contribution < 1.29 is 13.2 Å². The van der Waals surface area contributed by atoms with E-state index in [0.717, 1.165) is 39.1 Å². The minimum Gasteiger partial charge on any atom is -0.379 e. The zero-order chi connectivity index (χ0) is 15.6. The van der Waals surface area contributed by atoms with Gasteiger partial charge in [0, 0.05) is 37.8 Å². The summed E-state index contributed by atoms with van der Waals surface area (Å²) < 4.78 is 30.9. The summed E-state index contributed by atoms with van der Waals surface area (Å²) in [5.41, 5.74) is 0. The number of ether oxygens (including phenoxy) is 1. The second kappa shape index (κ2) is 7.13.